The molecule has 0 radical (unpaired) electrons. The predicted octanol–water partition coefficient (Wildman–Crippen LogP) is 3.03. The van der Waals surface area contributed by atoms with E-state index >= 15 is 0 Å². The molecule has 0 saturated carbocycles. The quantitative estimate of drug-likeness (QED) is 0.780. The summed E-state index contributed by atoms with van der Waals surface area (Å²) in [5.74, 6) is 0. The van der Waals surface area contributed by atoms with Crippen LogP contribution in [0.2, 0.25) is 0 Å². The number of urea groups is 2. The molecular formula is C17H20N4O2S. The number of hydrogen-bond acceptors (Lipinski definition) is 3. The molecule has 4 amide bonds. The first-order valence-electron chi connectivity index (χ1n) is 7.95. The number of benzene rings is 1. The van der Waals surface area contributed by atoms with Crippen LogP contribution in [-0.4, -0.2) is 31.7 Å². The van der Waals surface area contributed by atoms with Crippen molar-refractivity contribution in [3.8, 4) is 0 Å². The van der Waals surface area contributed by atoms with E-state index in [2.05, 4.69) is 22.0 Å². The van der Waals surface area contributed by atoms with E-state index < -0.39 is 0 Å². The minimum atomic E-state index is -0.244. The van der Waals surface area contributed by atoms with Gasteiger partial charge in [0.15, 0.2) is 0 Å². The highest BCUT2D eigenvalue weighted by Gasteiger charge is 2.19. The molecule has 1 aliphatic heterocycles. The van der Waals surface area contributed by atoms with E-state index in [1.165, 1.54) is 4.88 Å². The first-order valence-corrected chi connectivity index (χ1v) is 8.83. The second kappa shape index (κ2) is 7.83. The predicted molar refractivity (Wildman–Crippen MR) is 96.8 cm³/mol. The summed E-state index contributed by atoms with van der Waals surface area (Å²) in [4.78, 5) is 26.8. The summed E-state index contributed by atoms with van der Waals surface area (Å²) < 4.78 is 0. The molecule has 0 bridgehead atoms. The lowest BCUT2D eigenvalue weighted by atomic mass is 10.2. The molecule has 7 heteroatoms. The van der Waals surface area contributed by atoms with E-state index in [9.17, 15) is 9.59 Å². The minimum absolute atomic E-state index is 0.0983. The Kier molecular flexibility index (Phi) is 5.32. The Morgan fingerprint density at radius 3 is 3.00 bits per heavy atom. The average Bonchev–Trinajstić information content (AvgIpc) is 3.09. The number of hydrogen-bond donors (Lipinski definition) is 3. The Labute approximate surface area is 144 Å². The maximum Gasteiger partial charge on any atom is 0.321 e. The zero-order valence-corrected chi connectivity index (χ0v) is 14.1. The average molecular weight is 344 g/mol. The molecule has 3 rings (SSSR count). The van der Waals surface area contributed by atoms with Crippen molar-refractivity contribution < 1.29 is 9.59 Å². The van der Waals surface area contributed by atoms with Crippen LogP contribution in [0.3, 0.4) is 0 Å². The van der Waals surface area contributed by atoms with Gasteiger partial charge in [0, 0.05) is 35.9 Å². The van der Waals surface area contributed by atoms with E-state index in [1.54, 1.807) is 16.2 Å². The van der Waals surface area contributed by atoms with Crippen molar-refractivity contribution in [3.05, 3.63) is 46.7 Å². The van der Waals surface area contributed by atoms with Gasteiger partial charge in [-0.3, -0.25) is 4.90 Å². The molecule has 0 spiro atoms. The van der Waals surface area contributed by atoms with Gasteiger partial charge in [-0.1, -0.05) is 12.1 Å². The summed E-state index contributed by atoms with van der Waals surface area (Å²) in [7, 11) is 0. The number of amides is 4. The third kappa shape index (κ3) is 4.26. The van der Waals surface area contributed by atoms with Gasteiger partial charge in [-0.2, -0.15) is 0 Å². The first kappa shape index (κ1) is 16.3. The summed E-state index contributed by atoms with van der Waals surface area (Å²) in [6.07, 6.45) is 1.73. The first-order chi connectivity index (χ1) is 11.7. The Bertz CT molecular complexity index is 702. The summed E-state index contributed by atoms with van der Waals surface area (Å²) >= 11 is 1.68. The fourth-order valence-corrected chi connectivity index (χ4v) is 3.27. The van der Waals surface area contributed by atoms with Crippen LogP contribution in [0.4, 0.5) is 21.0 Å². The van der Waals surface area contributed by atoms with Gasteiger partial charge in [0.05, 0.1) is 0 Å². The third-order valence-corrected chi connectivity index (χ3v) is 4.67. The summed E-state index contributed by atoms with van der Waals surface area (Å²) in [5.41, 5.74) is 1.45. The van der Waals surface area contributed by atoms with Crippen molar-refractivity contribution in [2.45, 2.75) is 12.8 Å². The van der Waals surface area contributed by atoms with Crippen LogP contribution in [0, 0.1) is 0 Å². The molecule has 6 nitrogen and oxygen atoms in total. The lowest BCUT2D eigenvalue weighted by Gasteiger charge is -2.27. The van der Waals surface area contributed by atoms with Gasteiger partial charge < -0.3 is 16.0 Å². The number of carbonyl (C=O) groups is 2. The van der Waals surface area contributed by atoms with Crippen molar-refractivity contribution in [1.82, 2.24) is 10.6 Å². The fraction of sp³-hybridized carbons (Fsp3) is 0.294. The largest absolute Gasteiger partial charge is 0.338 e. The Morgan fingerprint density at radius 1 is 1.29 bits per heavy atom. The SMILES string of the molecule is O=C(NCCc1cccs1)Nc1cccc(N2CCCNC2=O)c1. The highest BCUT2D eigenvalue weighted by molar-refractivity contribution is 7.09. The summed E-state index contributed by atoms with van der Waals surface area (Å²) in [5, 5.41) is 10.5. The van der Waals surface area contributed by atoms with E-state index in [0.29, 0.717) is 25.3 Å². The van der Waals surface area contributed by atoms with Gasteiger partial charge in [0.2, 0.25) is 0 Å². The van der Waals surface area contributed by atoms with E-state index in [1.807, 2.05) is 35.7 Å². The lowest BCUT2D eigenvalue weighted by Crippen LogP contribution is -2.46. The fourth-order valence-electron chi connectivity index (χ4n) is 2.56. The van der Waals surface area contributed by atoms with Gasteiger partial charge in [0.25, 0.3) is 0 Å². The zero-order chi connectivity index (χ0) is 16.8. The van der Waals surface area contributed by atoms with Crippen molar-refractivity contribution >= 4 is 34.8 Å². The number of nitrogens with one attached hydrogen (secondary N) is 3. The van der Waals surface area contributed by atoms with Crippen LogP contribution in [0.1, 0.15) is 11.3 Å². The maximum atomic E-state index is 12.0. The van der Waals surface area contributed by atoms with Crippen LogP contribution in [0.5, 0.6) is 0 Å². The van der Waals surface area contributed by atoms with E-state index in [4.69, 9.17) is 0 Å². The molecule has 1 saturated heterocycles. The molecule has 3 N–H and O–H groups in total. The normalized spacial score (nSPS) is 14.2. The van der Waals surface area contributed by atoms with Gasteiger partial charge in [-0.05, 0) is 42.5 Å². The molecular weight excluding hydrogens is 324 g/mol. The highest BCUT2D eigenvalue weighted by Crippen LogP contribution is 2.21. The number of thiophene rings is 1. The van der Waals surface area contributed by atoms with E-state index in [-0.39, 0.29) is 12.1 Å². The van der Waals surface area contributed by atoms with Crippen LogP contribution in [-0.2, 0) is 6.42 Å². The van der Waals surface area contributed by atoms with Crippen LogP contribution < -0.4 is 20.9 Å². The van der Waals surface area contributed by atoms with Gasteiger partial charge >= 0.3 is 12.1 Å². The van der Waals surface area contributed by atoms with Crippen molar-refractivity contribution in [1.29, 1.82) is 0 Å². The molecule has 126 valence electrons. The summed E-state index contributed by atoms with van der Waals surface area (Å²) in [6, 6.07) is 11.0. The van der Waals surface area contributed by atoms with Crippen LogP contribution >= 0.6 is 11.3 Å². The van der Waals surface area contributed by atoms with Crippen molar-refractivity contribution in [2.75, 3.05) is 29.9 Å². The smallest absolute Gasteiger partial charge is 0.321 e. The molecule has 2 aromatic rings. The molecule has 0 aliphatic carbocycles. The number of rotatable bonds is 5. The van der Waals surface area contributed by atoms with Gasteiger partial charge in [0.1, 0.15) is 0 Å². The minimum Gasteiger partial charge on any atom is -0.338 e. The van der Waals surface area contributed by atoms with Gasteiger partial charge in [-0.15, -0.1) is 11.3 Å². The highest BCUT2D eigenvalue weighted by atomic mass is 32.1. The Morgan fingerprint density at radius 2 is 2.21 bits per heavy atom. The van der Waals surface area contributed by atoms with E-state index in [0.717, 1.165) is 18.5 Å². The Hall–Kier alpha value is -2.54. The number of nitrogens with zero attached hydrogens (tertiary/aromatic N) is 1. The maximum absolute atomic E-state index is 12.0. The molecule has 0 unspecified atom stereocenters. The molecule has 1 aliphatic rings. The molecule has 24 heavy (non-hydrogen) atoms. The standard InChI is InChI=1S/C17H20N4O2S/c22-16(18-9-7-15-6-2-11-24-15)20-13-4-1-5-14(12-13)21-10-3-8-19-17(21)23/h1-2,4-6,11-12H,3,7-10H2,(H,19,23)(H2,18,20,22). The number of anilines is 2. The summed E-state index contributed by atoms with van der Waals surface area (Å²) in [6.45, 7) is 1.97. The third-order valence-electron chi connectivity index (χ3n) is 3.73. The van der Waals surface area contributed by atoms with Crippen LogP contribution in [0.25, 0.3) is 0 Å². The topological polar surface area (TPSA) is 73.5 Å². The molecule has 2 heterocycles. The molecule has 1 fully saturated rings. The zero-order valence-electron chi connectivity index (χ0n) is 13.2. The lowest BCUT2D eigenvalue weighted by molar-refractivity contribution is 0.243. The molecule has 0 atom stereocenters. The van der Waals surface area contributed by atoms with Crippen molar-refractivity contribution in [3.63, 3.8) is 0 Å². The second-order valence-corrected chi connectivity index (χ2v) is 6.53. The monoisotopic (exact) mass is 344 g/mol. The second-order valence-electron chi connectivity index (χ2n) is 5.50. The van der Waals surface area contributed by atoms with Crippen LogP contribution in [0.15, 0.2) is 41.8 Å². The number of carbonyl (C=O) groups excluding carboxylic acids is 2. The Balaban J connectivity index is 1.53. The molecule has 1 aromatic carbocycles. The molecule has 1 aromatic heterocycles. The van der Waals surface area contributed by atoms with Gasteiger partial charge in [-0.25, -0.2) is 9.59 Å². The van der Waals surface area contributed by atoms with Crippen molar-refractivity contribution in [2.24, 2.45) is 0 Å².